The largest absolute Gasteiger partial charge is 0.480 e. The normalized spacial score (nSPS) is 11.7. The zero-order valence-electron chi connectivity index (χ0n) is 9.69. The molecule has 2 amide bonds. The maximum atomic E-state index is 13.0. The molecule has 19 heavy (non-hydrogen) atoms. The van der Waals surface area contributed by atoms with E-state index in [-0.39, 0.29) is 17.1 Å². The van der Waals surface area contributed by atoms with Gasteiger partial charge >= 0.3 is 12.0 Å². The van der Waals surface area contributed by atoms with Crippen molar-refractivity contribution in [1.82, 2.24) is 5.32 Å². The van der Waals surface area contributed by atoms with Crippen LogP contribution in [0.25, 0.3) is 0 Å². The molecule has 0 aromatic heterocycles. The summed E-state index contributed by atoms with van der Waals surface area (Å²) < 4.78 is 13.0. The SMILES string of the molecule is O=C(Nc1cc(F)ccc1Cl)N[C@@H](CCO)C(=O)O. The first-order valence-electron chi connectivity index (χ1n) is 5.30. The van der Waals surface area contributed by atoms with Crippen molar-refractivity contribution in [1.29, 1.82) is 0 Å². The number of carbonyl (C=O) groups excluding carboxylic acids is 1. The molecule has 0 saturated heterocycles. The Morgan fingerprint density at radius 2 is 2.11 bits per heavy atom. The third kappa shape index (κ3) is 4.72. The molecule has 0 spiro atoms. The lowest BCUT2D eigenvalue weighted by molar-refractivity contribution is -0.139. The van der Waals surface area contributed by atoms with Crippen LogP contribution in [0.4, 0.5) is 14.9 Å². The fourth-order valence-corrected chi connectivity index (χ4v) is 1.46. The summed E-state index contributed by atoms with van der Waals surface area (Å²) in [6, 6.07) is 1.29. The number of halogens is 2. The maximum Gasteiger partial charge on any atom is 0.326 e. The van der Waals surface area contributed by atoms with Gasteiger partial charge in [-0.3, -0.25) is 0 Å². The van der Waals surface area contributed by atoms with Crippen molar-refractivity contribution in [2.75, 3.05) is 11.9 Å². The average Bonchev–Trinajstić information content (AvgIpc) is 2.33. The van der Waals surface area contributed by atoms with Crippen molar-refractivity contribution in [3.8, 4) is 0 Å². The zero-order valence-corrected chi connectivity index (χ0v) is 10.4. The monoisotopic (exact) mass is 290 g/mol. The van der Waals surface area contributed by atoms with Crippen LogP contribution in [-0.2, 0) is 4.79 Å². The molecule has 1 aromatic carbocycles. The van der Waals surface area contributed by atoms with Crippen molar-refractivity contribution in [2.45, 2.75) is 12.5 Å². The minimum Gasteiger partial charge on any atom is -0.480 e. The zero-order chi connectivity index (χ0) is 14.4. The van der Waals surface area contributed by atoms with Crippen LogP contribution in [0.2, 0.25) is 5.02 Å². The lowest BCUT2D eigenvalue weighted by atomic mass is 10.2. The number of hydrogen-bond donors (Lipinski definition) is 4. The quantitative estimate of drug-likeness (QED) is 0.659. The third-order valence-corrected chi connectivity index (χ3v) is 2.53. The molecule has 0 heterocycles. The van der Waals surface area contributed by atoms with Crippen LogP contribution in [0.1, 0.15) is 6.42 Å². The minimum atomic E-state index is -1.28. The van der Waals surface area contributed by atoms with Crippen molar-refractivity contribution in [3.05, 3.63) is 29.0 Å². The first kappa shape index (κ1) is 15.2. The van der Waals surface area contributed by atoms with Gasteiger partial charge in [0.15, 0.2) is 0 Å². The highest BCUT2D eigenvalue weighted by atomic mass is 35.5. The highest BCUT2D eigenvalue weighted by molar-refractivity contribution is 6.33. The topological polar surface area (TPSA) is 98.7 Å². The molecular formula is C11H12ClFN2O4. The van der Waals surface area contributed by atoms with E-state index in [4.69, 9.17) is 21.8 Å². The van der Waals surface area contributed by atoms with Gasteiger partial charge < -0.3 is 20.8 Å². The summed E-state index contributed by atoms with van der Waals surface area (Å²) in [5.41, 5.74) is 0.0207. The number of rotatable bonds is 5. The molecule has 0 fully saturated rings. The molecule has 8 heteroatoms. The molecule has 104 valence electrons. The van der Waals surface area contributed by atoms with Gasteiger partial charge in [0.05, 0.1) is 10.7 Å². The summed E-state index contributed by atoms with van der Waals surface area (Å²) >= 11 is 5.74. The molecule has 0 bridgehead atoms. The van der Waals surface area contributed by atoms with E-state index in [9.17, 15) is 14.0 Å². The van der Waals surface area contributed by atoms with Gasteiger partial charge in [-0.15, -0.1) is 0 Å². The number of anilines is 1. The van der Waals surface area contributed by atoms with Gasteiger partial charge in [-0.25, -0.2) is 14.0 Å². The van der Waals surface area contributed by atoms with E-state index in [1.54, 1.807) is 0 Å². The van der Waals surface area contributed by atoms with E-state index in [1.165, 1.54) is 6.07 Å². The highest BCUT2D eigenvalue weighted by Gasteiger charge is 2.19. The molecule has 0 radical (unpaired) electrons. The summed E-state index contributed by atoms with van der Waals surface area (Å²) in [5.74, 6) is -1.88. The van der Waals surface area contributed by atoms with E-state index >= 15 is 0 Å². The molecule has 1 atom stereocenters. The summed E-state index contributed by atoms with van der Waals surface area (Å²) in [6.45, 7) is -0.391. The summed E-state index contributed by atoms with van der Waals surface area (Å²) in [5, 5.41) is 21.9. The molecule has 4 N–H and O–H groups in total. The van der Waals surface area contributed by atoms with Crippen LogP contribution in [0, 0.1) is 5.82 Å². The number of carbonyl (C=O) groups is 2. The number of carboxylic acids is 1. The fraction of sp³-hybridized carbons (Fsp3) is 0.273. The Labute approximate surface area is 113 Å². The van der Waals surface area contributed by atoms with Gasteiger partial charge in [0.25, 0.3) is 0 Å². The van der Waals surface area contributed by atoms with Crippen molar-refractivity contribution in [2.24, 2.45) is 0 Å². The molecule has 1 aromatic rings. The predicted molar refractivity (Wildman–Crippen MR) is 66.7 cm³/mol. The van der Waals surface area contributed by atoms with Crippen LogP contribution in [-0.4, -0.2) is 34.9 Å². The van der Waals surface area contributed by atoms with E-state index in [0.29, 0.717) is 0 Å². The Bertz CT molecular complexity index is 484. The van der Waals surface area contributed by atoms with Crippen molar-refractivity contribution in [3.63, 3.8) is 0 Å². The number of aliphatic hydroxyl groups excluding tert-OH is 1. The van der Waals surface area contributed by atoms with Crippen LogP contribution in [0.3, 0.4) is 0 Å². The van der Waals surface area contributed by atoms with Crippen LogP contribution >= 0.6 is 11.6 Å². The standard InChI is InChI=1S/C11H12ClFN2O4/c12-7-2-1-6(13)5-9(7)15-11(19)14-8(3-4-16)10(17)18/h1-2,5,8,16H,3-4H2,(H,17,18)(H2,14,15,19)/t8-/m0/s1. The number of amides is 2. The van der Waals surface area contributed by atoms with Gasteiger partial charge in [0.2, 0.25) is 0 Å². The molecular weight excluding hydrogens is 279 g/mol. The molecule has 0 unspecified atom stereocenters. The Morgan fingerprint density at radius 3 is 2.68 bits per heavy atom. The fourth-order valence-electron chi connectivity index (χ4n) is 1.30. The second kappa shape index (κ2) is 6.91. The lowest BCUT2D eigenvalue weighted by Gasteiger charge is -2.14. The van der Waals surface area contributed by atoms with Crippen molar-refractivity contribution < 1.29 is 24.2 Å². The summed E-state index contributed by atoms with van der Waals surface area (Å²) in [6.07, 6.45) is -0.139. The van der Waals surface area contributed by atoms with Crippen LogP contribution < -0.4 is 10.6 Å². The number of hydrogen-bond acceptors (Lipinski definition) is 3. The van der Waals surface area contributed by atoms with E-state index in [0.717, 1.165) is 12.1 Å². The number of urea groups is 1. The van der Waals surface area contributed by atoms with Crippen LogP contribution in [0.5, 0.6) is 0 Å². The maximum absolute atomic E-state index is 13.0. The predicted octanol–water partition coefficient (Wildman–Crippen LogP) is 1.44. The van der Waals surface area contributed by atoms with Gasteiger partial charge in [0.1, 0.15) is 11.9 Å². The van der Waals surface area contributed by atoms with E-state index in [2.05, 4.69) is 10.6 Å². The Kier molecular flexibility index (Phi) is 5.53. The van der Waals surface area contributed by atoms with Crippen LogP contribution in [0.15, 0.2) is 18.2 Å². The highest BCUT2D eigenvalue weighted by Crippen LogP contribution is 2.22. The Morgan fingerprint density at radius 1 is 1.42 bits per heavy atom. The first-order chi connectivity index (χ1) is 8.93. The van der Waals surface area contributed by atoms with Gasteiger partial charge in [-0.1, -0.05) is 11.6 Å². The van der Waals surface area contributed by atoms with E-state index in [1.807, 2.05) is 0 Å². The number of benzene rings is 1. The second-order valence-electron chi connectivity index (χ2n) is 3.63. The second-order valence-corrected chi connectivity index (χ2v) is 4.03. The summed E-state index contributed by atoms with van der Waals surface area (Å²) in [7, 11) is 0. The molecule has 6 nitrogen and oxygen atoms in total. The average molecular weight is 291 g/mol. The molecule has 0 aliphatic rings. The Hall–Kier alpha value is -1.86. The lowest BCUT2D eigenvalue weighted by Crippen LogP contribution is -2.43. The van der Waals surface area contributed by atoms with Gasteiger partial charge in [-0.2, -0.15) is 0 Å². The molecule has 0 saturated carbocycles. The summed E-state index contributed by atoms with van der Waals surface area (Å²) in [4.78, 5) is 22.3. The number of carboxylic acid groups (broad SMARTS) is 1. The molecule has 1 rings (SSSR count). The number of aliphatic carboxylic acids is 1. The molecule has 0 aliphatic carbocycles. The smallest absolute Gasteiger partial charge is 0.326 e. The third-order valence-electron chi connectivity index (χ3n) is 2.20. The molecule has 0 aliphatic heterocycles. The Balaban J connectivity index is 2.68. The number of aliphatic hydroxyl groups is 1. The van der Waals surface area contributed by atoms with Crippen molar-refractivity contribution >= 4 is 29.3 Å². The van der Waals surface area contributed by atoms with E-state index < -0.39 is 30.5 Å². The number of nitrogens with one attached hydrogen (secondary N) is 2. The first-order valence-corrected chi connectivity index (χ1v) is 5.68. The van der Waals surface area contributed by atoms with Gasteiger partial charge in [0, 0.05) is 13.0 Å². The minimum absolute atomic E-state index is 0.0207. The van der Waals surface area contributed by atoms with Gasteiger partial charge in [-0.05, 0) is 18.2 Å².